The quantitative estimate of drug-likeness (QED) is 0.176. The SMILES string of the molecule is c1ccc(-c2nc(-c3ccc4c(c3)sc3ccccc34)nc(-c3ccc4oc5c(-c6cccc7c8ccccc8n(-c8ccccc8)c67)cccc5c4c3)n2)cc1. The lowest BCUT2D eigenvalue weighted by molar-refractivity contribution is 0.670. The maximum Gasteiger partial charge on any atom is 0.164 e. The van der Waals surface area contributed by atoms with Gasteiger partial charge in [-0.2, -0.15) is 0 Å². The Hall–Kier alpha value is -7.41. The van der Waals surface area contributed by atoms with E-state index in [-0.39, 0.29) is 0 Å². The lowest BCUT2D eigenvalue weighted by atomic mass is 9.99. The molecule has 8 aromatic carbocycles. The monoisotopic (exact) mass is 746 g/mol. The first-order valence-electron chi connectivity index (χ1n) is 19.0. The van der Waals surface area contributed by atoms with Crippen molar-refractivity contribution in [3.63, 3.8) is 0 Å². The molecule has 6 heteroatoms. The Morgan fingerprint density at radius 3 is 1.84 bits per heavy atom. The smallest absolute Gasteiger partial charge is 0.164 e. The highest BCUT2D eigenvalue weighted by molar-refractivity contribution is 7.25. The van der Waals surface area contributed by atoms with Gasteiger partial charge in [-0.1, -0.05) is 133 Å². The van der Waals surface area contributed by atoms with Gasteiger partial charge >= 0.3 is 0 Å². The van der Waals surface area contributed by atoms with Crippen LogP contribution in [0, 0.1) is 0 Å². The van der Waals surface area contributed by atoms with Gasteiger partial charge in [0.25, 0.3) is 0 Å². The molecule has 57 heavy (non-hydrogen) atoms. The average Bonchev–Trinajstić information content (AvgIpc) is 3.96. The van der Waals surface area contributed by atoms with Crippen molar-refractivity contribution in [1.82, 2.24) is 19.5 Å². The highest BCUT2D eigenvalue weighted by Crippen LogP contribution is 2.43. The molecule has 5 nitrogen and oxygen atoms in total. The maximum atomic E-state index is 6.79. The van der Waals surface area contributed by atoms with Crippen LogP contribution in [0.25, 0.3) is 115 Å². The van der Waals surface area contributed by atoms with Crippen LogP contribution < -0.4 is 0 Å². The number of benzene rings is 8. The van der Waals surface area contributed by atoms with Gasteiger partial charge in [-0.3, -0.25) is 0 Å². The molecule has 0 saturated heterocycles. The molecule has 4 heterocycles. The number of furan rings is 1. The Labute approximate surface area is 330 Å². The van der Waals surface area contributed by atoms with Gasteiger partial charge in [-0.25, -0.2) is 15.0 Å². The summed E-state index contributed by atoms with van der Waals surface area (Å²) in [7, 11) is 0. The van der Waals surface area contributed by atoms with Crippen LogP contribution in [-0.2, 0) is 0 Å². The fraction of sp³-hybridized carbons (Fsp3) is 0. The second-order valence-electron chi connectivity index (χ2n) is 14.4. The number of nitrogens with zero attached hydrogens (tertiary/aromatic N) is 4. The largest absolute Gasteiger partial charge is 0.455 e. The fourth-order valence-corrected chi connectivity index (χ4v) is 9.59. The Morgan fingerprint density at radius 2 is 1.02 bits per heavy atom. The normalized spacial score (nSPS) is 11.9. The summed E-state index contributed by atoms with van der Waals surface area (Å²) in [6.07, 6.45) is 0. The summed E-state index contributed by atoms with van der Waals surface area (Å²) in [5.41, 5.74) is 10.0. The van der Waals surface area contributed by atoms with Gasteiger partial charge in [0.05, 0.1) is 11.0 Å². The zero-order chi connectivity index (χ0) is 37.5. The third-order valence-corrected chi connectivity index (χ3v) is 12.2. The molecule has 12 rings (SSSR count). The number of thiophene rings is 1. The molecule has 0 radical (unpaired) electrons. The van der Waals surface area contributed by atoms with Crippen molar-refractivity contribution in [3.8, 4) is 51.0 Å². The standard InChI is InChI=1S/C51H30N4OS/c1-3-13-31(14-4-1)49-52-50(54-51(53-49)33-25-27-37-36-18-8-10-24-45(36)57-46(37)30-33)32-26-28-44-42(29-32)41-22-12-21-40(48(41)56-44)39-20-11-19-38-35-17-7-9-23-43(35)55(47(38)39)34-15-5-2-6-16-34/h1-30H. The van der Waals surface area contributed by atoms with Crippen LogP contribution in [0.2, 0.25) is 0 Å². The molecule has 0 aliphatic carbocycles. The molecule has 0 spiro atoms. The number of rotatable bonds is 5. The van der Waals surface area contributed by atoms with Crippen molar-refractivity contribution in [1.29, 1.82) is 0 Å². The molecule has 266 valence electrons. The average molecular weight is 747 g/mol. The van der Waals surface area contributed by atoms with Crippen LogP contribution in [-0.4, -0.2) is 19.5 Å². The van der Waals surface area contributed by atoms with E-state index >= 15 is 0 Å². The number of fused-ring (bicyclic) bond motifs is 9. The molecule has 4 aromatic heterocycles. The summed E-state index contributed by atoms with van der Waals surface area (Å²) in [5, 5.41) is 6.98. The number of para-hydroxylation sites is 4. The van der Waals surface area contributed by atoms with Crippen molar-refractivity contribution >= 4 is 75.3 Å². The van der Waals surface area contributed by atoms with E-state index in [9.17, 15) is 0 Å². The molecule has 0 N–H and O–H groups in total. The Morgan fingerprint density at radius 1 is 0.404 bits per heavy atom. The van der Waals surface area contributed by atoms with Crippen LogP contribution in [0.15, 0.2) is 186 Å². The van der Waals surface area contributed by atoms with E-state index in [1.54, 1.807) is 11.3 Å². The van der Waals surface area contributed by atoms with Crippen molar-refractivity contribution < 1.29 is 4.42 Å². The van der Waals surface area contributed by atoms with Gasteiger partial charge in [0.2, 0.25) is 0 Å². The first-order valence-corrected chi connectivity index (χ1v) is 19.8. The minimum absolute atomic E-state index is 0.611. The molecule has 0 amide bonds. The predicted octanol–water partition coefficient (Wildman–Crippen LogP) is 13.9. The predicted molar refractivity (Wildman–Crippen MR) is 236 cm³/mol. The van der Waals surface area contributed by atoms with Gasteiger partial charge in [0.1, 0.15) is 11.2 Å². The van der Waals surface area contributed by atoms with Crippen molar-refractivity contribution in [3.05, 3.63) is 182 Å². The molecule has 0 bridgehead atoms. The molecular weight excluding hydrogens is 717 g/mol. The lowest BCUT2D eigenvalue weighted by Crippen LogP contribution is -2.00. The molecule has 0 aliphatic rings. The van der Waals surface area contributed by atoms with E-state index in [2.05, 4.69) is 150 Å². The van der Waals surface area contributed by atoms with E-state index in [0.29, 0.717) is 17.5 Å². The van der Waals surface area contributed by atoms with Gasteiger partial charge in [-0.15, -0.1) is 11.3 Å². The lowest BCUT2D eigenvalue weighted by Gasteiger charge is -2.12. The van der Waals surface area contributed by atoms with Gasteiger partial charge < -0.3 is 8.98 Å². The minimum Gasteiger partial charge on any atom is -0.455 e. The summed E-state index contributed by atoms with van der Waals surface area (Å²) in [5.74, 6) is 1.88. The number of aromatic nitrogens is 4. The van der Waals surface area contributed by atoms with Crippen LogP contribution >= 0.6 is 11.3 Å². The molecule has 0 fully saturated rings. The van der Waals surface area contributed by atoms with E-state index < -0.39 is 0 Å². The highest BCUT2D eigenvalue weighted by atomic mass is 32.1. The van der Waals surface area contributed by atoms with E-state index in [1.165, 1.54) is 36.5 Å². The zero-order valence-corrected chi connectivity index (χ0v) is 31.2. The summed E-state index contributed by atoms with van der Waals surface area (Å²) in [4.78, 5) is 15.3. The van der Waals surface area contributed by atoms with Crippen molar-refractivity contribution in [2.45, 2.75) is 0 Å². The highest BCUT2D eigenvalue weighted by Gasteiger charge is 2.21. The topological polar surface area (TPSA) is 56.7 Å². The Balaban J connectivity index is 1.04. The second-order valence-corrected chi connectivity index (χ2v) is 15.5. The van der Waals surface area contributed by atoms with Crippen molar-refractivity contribution in [2.24, 2.45) is 0 Å². The number of hydrogen-bond donors (Lipinski definition) is 0. The summed E-state index contributed by atoms with van der Waals surface area (Å²) in [6.45, 7) is 0. The number of hydrogen-bond acceptors (Lipinski definition) is 5. The second kappa shape index (κ2) is 12.6. The third kappa shape index (κ3) is 5.04. The molecule has 0 atom stereocenters. The first kappa shape index (κ1) is 31.9. The van der Waals surface area contributed by atoms with Gasteiger partial charge in [0.15, 0.2) is 17.5 Å². The van der Waals surface area contributed by atoms with Crippen LogP contribution in [0.1, 0.15) is 0 Å². The Bertz CT molecular complexity index is 3530. The summed E-state index contributed by atoms with van der Waals surface area (Å²) < 4.78 is 11.6. The Kier molecular flexibility index (Phi) is 7.03. The fourth-order valence-electron chi connectivity index (χ4n) is 8.45. The van der Waals surface area contributed by atoms with Crippen LogP contribution in [0.4, 0.5) is 0 Å². The van der Waals surface area contributed by atoms with E-state index in [4.69, 9.17) is 19.4 Å². The molecule has 0 saturated carbocycles. The summed E-state index contributed by atoms with van der Waals surface area (Å²) >= 11 is 1.79. The van der Waals surface area contributed by atoms with E-state index in [0.717, 1.165) is 61.0 Å². The minimum atomic E-state index is 0.611. The van der Waals surface area contributed by atoms with E-state index in [1.807, 2.05) is 36.4 Å². The molecule has 0 unspecified atom stereocenters. The first-order chi connectivity index (χ1) is 28.2. The van der Waals surface area contributed by atoms with Crippen LogP contribution in [0.3, 0.4) is 0 Å². The van der Waals surface area contributed by atoms with Crippen molar-refractivity contribution in [2.75, 3.05) is 0 Å². The zero-order valence-electron chi connectivity index (χ0n) is 30.4. The van der Waals surface area contributed by atoms with Gasteiger partial charge in [-0.05, 0) is 48.5 Å². The summed E-state index contributed by atoms with van der Waals surface area (Å²) in [6, 6.07) is 63.8. The maximum absolute atomic E-state index is 6.79. The molecule has 0 aliphatic heterocycles. The van der Waals surface area contributed by atoms with Gasteiger partial charge in [0, 0.05) is 75.2 Å². The third-order valence-electron chi connectivity index (χ3n) is 11.1. The molecule has 12 aromatic rings. The molecular formula is C51H30N4OS. The van der Waals surface area contributed by atoms with Crippen LogP contribution in [0.5, 0.6) is 0 Å².